The number of rotatable bonds is 15. The molecule has 2 nitrogen and oxygen atoms in total. The van der Waals surface area contributed by atoms with Crippen LogP contribution in [0.15, 0.2) is 144 Å². The Hall–Kier alpha value is -4.60. The fourth-order valence-corrected chi connectivity index (χ4v) is 11.8. The Morgan fingerprint density at radius 3 is 2.20 bits per heavy atom. The summed E-state index contributed by atoms with van der Waals surface area (Å²) >= 11 is 3.86. The van der Waals surface area contributed by atoms with Crippen LogP contribution in [0.3, 0.4) is 0 Å². The van der Waals surface area contributed by atoms with Crippen molar-refractivity contribution in [3.63, 3.8) is 0 Å². The lowest BCUT2D eigenvalue weighted by molar-refractivity contribution is -0.0305. The fraction of sp³-hybridized carbons (Fsp3) is 0.379. The molecule has 1 aliphatic carbocycles. The molecule has 6 unspecified atom stereocenters. The third-order valence-electron chi connectivity index (χ3n) is 14.4. The minimum Gasteiger partial charge on any atom is -0.496 e. The number of aryl methyl sites for hydroxylation is 2. The van der Waals surface area contributed by atoms with Crippen LogP contribution in [0.5, 0.6) is 11.5 Å². The molecule has 8 rings (SSSR count). The van der Waals surface area contributed by atoms with Crippen LogP contribution in [0.25, 0.3) is 11.1 Å². The Morgan fingerprint density at radius 1 is 0.754 bits per heavy atom. The first-order chi connectivity index (χ1) is 29.7. The molecule has 1 aliphatic heterocycles. The van der Waals surface area contributed by atoms with Crippen molar-refractivity contribution in [1.29, 1.82) is 0 Å². The quantitative estimate of drug-likeness (QED) is 0.102. The van der Waals surface area contributed by atoms with Gasteiger partial charge in [0.2, 0.25) is 0 Å². The number of ether oxygens (including phenoxy) is 2. The second-order valence-electron chi connectivity index (χ2n) is 18.6. The highest BCUT2D eigenvalue weighted by molar-refractivity contribution is 9.10. The van der Waals surface area contributed by atoms with Crippen LogP contribution in [-0.2, 0) is 32.1 Å². The number of hydrogen-bond donors (Lipinski definition) is 0. The zero-order valence-corrected chi connectivity index (χ0v) is 38.7. The molecule has 6 aromatic rings. The van der Waals surface area contributed by atoms with E-state index in [0.717, 1.165) is 67.3 Å². The molecular formula is C58H65BrO2. The van der Waals surface area contributed by atoms with E-state index in [-0.39, 0.29) is 11.5 Å². The first kappa shape index (κ1) is 43.1. The molecule has 0 amide bonds. The van der Waals surface area contributed by atoms with Gasteiger partial charge in [-0.2, -0.15) is 0 Å². The molecule has 61 heavy (non-hydrogen) atoms. The van der Waals surface area contributed by atoms with Gasteiger partial charge in [-0.25, -0.2) is 0 Å². The van der Waals surface area contributed by atoms with E-state index < -0.39 is 0 Å². The lowest BCUT2D eigenvalue weighted by Crippen LogP contribution is -2.50. The second kappa shape index (κ2) is 19.6. The van der Waals surface area contributed by atoms with E-state index in [1.165, 1.54) is 74.9 Å². The molecule has 6 atom stereocenters. The molecule has 0 saturated carbocycles. The summed E-state index contributed by atoms with van der Waals surface area (Å²) in [4.78, 5) is 0. The van der Waals surface area contributed by atoms with Crippen molar-refractivity contribution < 1.29 is 9.47 Å². The van der Waals surface area contributed by atoms with E-state index in [1.807, 2.05) is 7.11 Å². The number of hydrogen-bond acceptors (Lipinski definition) is 2. The monoisotopic (exact) mass is 872 g/mol. The van der Waals surface area contributed by atoms with Gasteiger partial charge >= 0.3 is 0 Å². The smallest absolute Gasteiger partial charge is 0.126 e. The van der Waals surface area contributed by atoms with Crippen LogP contribution in [0.4, 0.5) is 0 Å². The molecule has 0 saturated heterocycles. The molecule has 0 radical (unpaired) electrons. The highest BCUT2D eigenvalue weighted by atomic mass is 79.9. The van der Waals surface area contributed by atoms with Crippen LogP contribution in [-0.4, -0.2) is 12.7 Å². The van der Waals surface area contributed by atoms with Gasteiger partial charge in [0.1, 0.15) is 17.1 Å². The van der Waals surface area contributed by atoms with E-state index >= 15 is 0 Å². The first-order valence-corrected chi connectivity index (χ1v) is 23.9. The van der Waals surface area contributed by atoms with Gasteiger partial charge in [-0.15, -0.1) is 0 Å². The molecule has 6 aromatic carbocycles. The molecule has 316 valence electrons. The highest BCUT2D eigenvalue weighted by Crippen LogP contribution is 2.48. The van der Waals surface area contributed by atoms with Crippen LogP contribution >= 0.6 is 15.9 Å². The summed E-state index contributed by atoms with van der Waals surface area (Å²) in [5.74, 6) is 4.54. The fourth-order valence-electron chi connectivity index (χ4n) is 11.1. The maximum atomic E-state index is 7.71. The molecule has 0 bridgehead atoms. The van der Waals surface area contributed by atoms with Gasteiger partial charge in [-0.3, -0.25) is 0 Å². The molecule has 3 heteroatoms. The van der Waals surface area contributed by atoms with Gasteiger partial charge < -0.3 is 9.47 Å². The molecule has 2 aliphatic rings. The summed E-state index contributed by atoms with van der Waals surface area (Å²) in [7, 11) is 1.87. The van der Waals surface area contributed by atoms with Gasteiger partial charge in [0.25, 0.3) is 0 Å². The Morgan fingerprint density at radius 2 is 1.44 bits per heavy atom. The maximum absolute atomic E-state index is 7.71. The van der Waals surface area contributed by atoms with Gasteiger partial charge in [0.05, 0.1) is 7.11 Å². The van der Waals surface area contributed by atoms with Crippen molar-refractivity contribution >= 4 is 15.9 Å². The summed E-state index contributed by atoms with van der Waals surface area (Å²) < 4.78 is 15.2. The minimum absolute atomic E-state index is 0.277. The van der Waals surface area contributed by atoms with Gasteiger partial charge in [0, 0.05) is 28.3 Å². The Balaban J connectivity index is 1.01. The van der Waals surface area contributed by atoms with E-state index in [1.54, 1.807) is 0 Å². The van der Waals surface area contributed by atoms with Crippen LogP contribution in [0.1, 0.15) is 110 Å². The molecule has 0 aromatic heterocycles. The van der Waals surface area contributed by atoms with E-state index in [0.29, 0.717) is 23.7 Å². The molecule has 0 N–H and O–H groups in total. The predicted octanol–water partition coefficient (Wildman–Crippen LogP) is 15.4. The molecule has 1 heterocycles. The van der Waals surface area contributed by atoms with Crippen LogP contribution in [0.2, 0.25) is 0 Å². The normalized spacial score (nSPS) is 20.5. The predicted molar refractivity (Wildman–Crippen MR) is 259 cm³/mol. The standard InChI is InChI=1S/C58H65BrO2/c1-6-49(35-43-20-9-7-10-21-43)58(38-44-22-11-8-12-23-44)39-47(41(3)33-48-36-50(59)34-42(4)56(48)61-58)26-17-19-40(2)31-32-45-25-18-30-54(57(45)60-5)55-37-46-24-13-14-27-51(46)52-28-15-16-29-53(52)55/h7-16,18,20-25,27-30,34,36,40-41,47,49,55H,6,17,19,26,31-33,35,37-39H2,1-5H3. The Kier molecular flexibility index (Phi) is 13.9. The Labute approximate surface area is 375 Å². The first-order valence-electron chi connectivity index (χ1n) is 23.1. The largest absolute Gasteiger partial charge is 0.496 e. The lowest BCUT2D eigenvalue weighted by atomic mass is 9.68. The zero-order valence-electron chi connectivity index (χ0n) is 37.1. The number of fused-ring (bicyclic) bond motifs is 4. The van der Waals surface area contributed by atoms with Gasteiger partial charge in [-0.1, -0.05) is 183 Å². The maximum Gasteiger partial charge on any atom is 0.126 e. The zero-order chi connectivity index (χ0) is 42.3. The average molecular weight is 874 g/mol. The van der Waals surface area contributed by atoms with Crippen molar-refractivity contribution in [1.82, 2.24) is 0 Å². The number of methoxy groups -OCH3 is 1. The summed E-state index contributed by atoms with van der Waals surface area (Å²) in [6.45, 7) is 9.61. The van der Waals surface area contributed by atoms with E-state index in [2.05, 4.69) is 183 Å². The number of halogens is 1. The molecule has 0 spiro atoms. The Bertz CT molecular complexity index is 2370. The van der Waals surface area contributed by atoms with Gasteiger partial charge in [-0.05, 0) is 132 Å². The van der Waals surface area contributed by atoms with Crippen molar-refractivity contribution in [3.8, 4) is 22.6 Å². The third kappa shape index (κ3) is 9.73. The average Bonchev–Trinajstić information content (AvgIpc) is 3.28. The number of para-hydroxylation sites is 1. The molecular weight excluding hydrogens is 809 g/mol. The van der Waals surface area contributed by atoms with Gasteiger partial charge in [0.15, 0.2) is 0 Å². The minimum atomic E-state index is -0.341. The summed E-state index contributed by atoms with van der Waals surface area (Å²) in [6.07, 6.45) is 11.9. The topological polar surface area (TPSA) is 18.5 Å². The second-order valence-corrected chi connectivity index (χ2v) is 19.5. The highest BCUT2D eigenvalue weighted by Gasteiger charge is 2.45. The summed E-state index contributed by atoms with van der Waals surface area (Å²) in [5.41, 5.74) is 13.2. The van der Waals surface area contributed by atoms with E-state index in [9.17, 15) is 0 Å². The SMILES string of the molecule is CCC(Cc1ccccc1)C1(Cc2ccccc2)CC(CCCC(C)CCc2cccc(C3Cc4ccccc4-c4ccccc43)c2OC)C(C)Cc2cc(Br)cc(C)c2O1. The number of benzene rings is 6. The van der Waals surface area contributed by atoms with Crippen molar-refractivity contribution in [2.75, 3.05) is 7.11 Å². The van der Waals surface area contributed by atoms with Crippen molar-refractivity contribution in [2.45, 2.75) is 110 Å². The van der Waals surface area contributed by atoms with Crippen LogP contribution < -0.4 is 9.47 Å². The molecule has 0 fully saturated rings. The van der Waals surface area contributed by atoms with Crippen LogP contribution in [0, 0.1) is 30.6 Å². The van der Waals surface area contributed by atoms with E-state index in [4.69, 9.17) is 9.47 Å². The lowest BCUT2D eigenvalue weighted by Gasteiger charge is -2.47. The van der Waals surface area contributed by atoms with Crippen molar-refractivity contribution in [2.24, 2.45) is 23.7 Å². The third-order valence-corrected chi connectivity index (χ3v) is 14.9. The summed E-state index contributed by atoms with van der Waals surface area (Å²) in [6, 6.07) is 51.6. The van der Waals surface area contributed by atoms with Crippen molar-refractivity contribution in [3.05, 3.63) is 189 Å². The summed E-state index contributed by atoms with van der Waals surface area (Å²) in [5, 5.41) is 0.